The normalized spacial score (nSPS) is 16.3. The fourth-order valence-corrected chi connectivity index (χ4v) is 1.75. The van der Waals surface area contributed by atoms with E-state index in [0.717, 1.165) is 18.8 Å². The van der Waals surface area contributed by atoms with Gasteiger partial charge in [-0.1, -0.05) is 0 Å². The van der Waals surface area contributed by atoms with Gasteiger partial charge in [-0.25, -0.2) is 4.39 Å². The van der Waals surface area contributed by atoms with Gasteiger partial charge in [0.05, 0.1) is 13.2 Å². The highest BCUT2D eigenvalue weighted by molar-refractivity contribution is 6.58. The summed E-state index contributed by atoms with van der Waals surface area (Å²) in [6.45, 7) is 2.72. The summed E-state index contributed by atoms with van der Waals surface area (Å²) in [6.07, 6.45) is 0. The van der Waals surface area contributed by atoms with Gasteiger partial charge in [0.1, 0.15) is 5.82 Å². The minimum atomic E-state index is -1.78. The quantitative estimate of drug-likeness (QED) is 0.656. The second kappa shape index (κ2) is 4.82. The molecule has 0 saturated carbocycles. The first kappa shape index (κ1) is 11.4. The number of nitrogens with zero attached hydrogens (tertiary/aromatic N) is 1. The molecule has 1 aromatic rings. The van der Waals surface area contributed by atoms with Gasteiger partial charge in [-0.2, -0.15) is 0 Å². The Morgan fingerprint density at radius 1 is 1.25 bits per heavy atom. The summed E-state index contributed by atoms with van der Waals surface area (Å²) in [7, 11) is -1.78. The molecule has 16 heavy (non-hydrogen) atoms. The molecule has 1 heterocycles. The molecule has 0 amide bonds. The number of benzene rings is 1. The van der Waals surface area contributed by atoms with Crippen molar-refractivity contribution in [2.75, 3.05) is 31.2 Å². The Morgan fingerprint density at radius 3 is 2.56 bits per heavy atom. The SMILES string of the molecule is OB(O)c1cc(N2CCOCC2)ccc1F. The molecule has 0 aromatic heterocycles. The lowest BCUT2D eigenvalue weighted by Crippen LogP contribution is -2.38. The highest BCUT2D eigenvalue weighted by Gasteiger charge is 2.19. The summed E-state index contributed by atoms with van der Waals surface area (Å²) in [5.74, 6) is -0.605. The molecule has 4 nitrogen and oxygen atoms in total. The molecule has 1 fully saturated rings. The zero-order valence-corrected chi connectivity index (χ0v) is 8.77. The predicted molar refractivity (Wildman–Crippen MR) is 59.3 cm³/mol. The predicted octanol–water partition coefficient (Wildman–Crippen LogP) is -0.658. The van der Waals surface area contributed by atoms with Crippen LogP contribution in [0.3, 0.4) is 0 Å². The topological polar surface area (TPSA) is 52.9 Å². The molecule has 2 N–H and O–H groups in total. The van der Waals surface area contributed by atoms with Crippen molar-refractivity contribution in [2.24, 2.45) is 0 Å². The number of hydrogen-bond acceptors (Lipinski definition) is 4. The van der Waals surface area contributed by atoms with E-state index in [0.29, 0.717) is 13.2 Å². The molecular formula is C10H13BFNO3. The van der Waals surface area contributed by atoms with Gasteiger partial charge in [-0.05, 0) is 18.2 Å². The molecule has 2 rings (SSSR count). The average Bonchev–Trinajstić information content (AvgIpc) is 2.30. The lowest BCUT2D eigenvalue weighted by molar-refractivity contribution is 0.122. The molecule has 0 radical (unpaired) electrons. The Labute approximate surface area is 93.4 Å². The lowest BCUT2D eigenvalue weighted by atomic mass is 9.79. The van der Waals surface area contributed by atoms with Crippen LogP contribution in [0.2, 0.25) is 0 Å². The zero-order valence-electron chi connectivity index (χ0n) is 8.77. The van der Waals surface area contributed by atoms with Crippen LogP contribution in [0.1, 0.15) is 0 Å². The number of ether oxygens (including phenoxy) is 1. The summed E-state index contributed by atoms with van der Waals surface area (Å²) < 4.78 is 18.4. The van der Waals surface area contributed by atoms with Crippen molar-refractivity contribution in [1.29, 1.82) is 0 Å². The van der Waals surface area contributed by atoms with Gasteiger partial charge in [0.15, 0.2) is 0 Å². The highest BCUT2D eigenvalue weighted by Crippen LogP contribution is 2.15. The van der Waals surface area contributed by atoms with E-state index in [-0.39, 0.29) is 5.46 Å². The lowest BCUT2D eigenvalue weighted by Gasteiger charge is -2.29. The maximum Gasteiger partial charge on any atom is 0.491 e. The first-order chi connectivity index (χ1) is 7.68. The number of hydrogen-bond donors (Lipinski definition) is 2. The van der Waals surface area contributed by atoms with Crippen LogP contribution in [0.5, 0.6) is 0 Å². The third-order valence-electron chi connectivity index (χ3n) is 2.63. The molecule has 1 aliphatic rings. The molecule has 86 valence electrons. The Bertz CT molecular complexity index is 369. The summed E-state index contributed by atoms with van der Waals surface area (Å²) in [5, 5.41) is 18.0. The van der Waals surface area contributed by atoms with Gasteiger partial charge in [-0.3, -0.25) is 0 Å². The van der Waals surface area contributed by atoms with Crippen LogP contribution in [0.4, 0.5) is 10.1 Å². The minimum absolute atomic E-state index is 0.0935. The Balaban J connectivity index is 2.24. The fraction of sp³-hybridized carbons (Fsp3) is 0.400. The maximum absolute atomic E-state index is 13.2. The molecule has 0 bridgehead atoms. The zero-order chi connectivity index (χ0) is 11.5. The van der Waals surface area contributed by atoms with Gasteiger partial charge in [0.25, 0.3) is 0 Å². The van der Waals surface area contributed by atoms with Crippen LogP contribution in [-0.2, 0) is 4.74 Å². The largest absolute Gasteiger partial charge is 0.491 e. The second-order valence-corrected chi connectivity index (χ2v) is 3.68. The van der Waals surface area contributed by atoms with E-state index in [4.69, 9.17) is 14.8 Å². The van der Waals surface area contributed by atoms with E-state index >= 15 is 0 Å². The second-order valence-electron chi connectivity index (χ2n) is 3.68. The van der Waals surface area contributed by atoms with Gasteiger partial charge < -0.3 is 19.7 Å². The van der Waals surface area contributed by atoms with E-state index in [1.807, 2.05) is 4.90 Å². The van der Waals surface area contributed by atoms with Crippen molar-refractivity contribution >= 4 is 18.3 Å². The summed E-state index contributed by atoms with van der Waals surface area (Å²) >= 11 is 0. The van der Waals surface area contributed by atoms with Crippen molar-refractivity contribution < 1.29 is 19.2 Å². The third kappa shape index (κ3) is 2.34. The van der Waals surface area contributed by atoms with Gasteiger partial charge in [0, 0.05) is 24.2 Å². The van der Waals surface area contributed by atoms with Gasteiger partial charge in [0.2, 0.25) is 0 Å². The fourth-order valence-electron chi connectivity index (χ4n) is 1.75. The van der Waals surface area contributed by atoms with Crippen LogP contribution in [0.25, 0.3) is 0 Å². The number of anilines is 1. The van der Waals surface area contributed by atoms with Crippen LogP contribution < -0.4 is 10.4 Å². The minimum Gasteiger partial charge on any atom is -0.423 e. The van der Waals surface area contributed by atoms with Gasteiger partial charge in [-0.15, -0.1) is 0 Å². The number of rotatable bonds is 2. The molecule has 6 heteroatoms. The van der Waals surface area contributed by atoms with Crippen LogP contribution in [0, 0.1) is 5.82 Å². The molecule has 0 atom stereocenters. The van der Waals surface area contributed by atoms with Crippen molar-refractivity contribution in [3.05, 3.63) is 24.0 Å². The first-order valence-electron chi connectivity index (χ1n) is 5.17. The summed E-state index contributed by atoms with van der Waals surface area (Å²) in [4.78, 5) is 2.02. The van der Waals surface area contributed by atoms with E-state index < -0.39 is 12.9 Å². The first-order valence-corrected chi connectivity index (χ1v) is 5.17. The van der Waals surface area contributed by atoms with Crippen LogP contribution in [-0.4, -0.2) is 43.5 Å². The number of morpholine rings is 1. The van der Waals surface area contributed by atoms with Crippen molar-refractivity contribution in [2.45, 2.75) is 0 Å². The smallest absolute Gasteiger partial charge is 0.423 e. The Morgan fingerprint density at radius 2 is 1.94 bits per heavy atom. The number of halogens is 1. The van der Waals surface area contributed by atoms with Crippen LogP contribution >= 0.6 is 0 Å². The molecule has 0 spiro atoms. The molecular weight excluding hydrogens is 212 g/mol. The Kier molecular flexibility index (Phi) is 3.43. The van der Waals surface area contributed by atoms with E-state index in [1.165, 1.54) is 12.1 Å². The van der Waals surface area contributed by atoms with Crippen LogP contribution in [0.15, 0.2) is 18.2 Å². The molecule has 0 aliphatic carbocycles. The molecule has 1 saturated heterocycles. The van der Waals surface area contributed by atoms with E-state index in [2.05, 4.69) is 0 Å². The average molecular weight is 225 g/mol. The standard InChI is InChI=1S/C10H13BFNO3/c12-10-2-1-8(7-9(10)11(14)15)13-3-5-16-6-4-13/h1-2,7,14-15H,3-6H2. The highest BCUT2D eigenvalue weighted by atomic mass is 19.1. The van der Waals surface area contributed by atoms with Crippen molar-refractivity contribution in [3.8, 4) is 0 Å². The van der Waals surface area contributed by atoms with Crippen molar-refractivity contribution in [3.63, 3.8) is 0 Å². The Hall–Kier alpha value is -1.11. The maximum atomic E-state index is 13.2. The van der Waals surface area contributed by atoms with E-state index in [1.54, 1.807) is 6.07 Å². The van der Waals surface area contributed by atoms with E-state index in [9.17, 15) is 4.39 Å². The van der Waals surface area contributed by atoms with Gasteiger partial charge >= 0.3 is 7.12 Å². The monoisotopic (exact) mass is 225 g/mol. The molecule has 1 aromatic carbocycles. The third-order valence-corrected chi connectivity index (χ3v) is 2.63. The van der Waals surface area contributed by atoms with Crippen molar-refractivity contribution in [1.82, 2.24) is 0 Å². The molecule has 0 unspecified atom stereocenters. The summed E-state index contributed by atoms with van der Waals surface area (Å²) in [5.41, 5.74) is 0.691. The summed E-state index contributed by atoms with van der Waals surface area (Å²) in [6, 6.07) is 4.34. The molecule has 1 aliphatic heterocycles.